The minimum atomic E-state index is -1.74. The fraction of sp³-hybridized carbons (Fsp3) is 0.321. The third kappa shape index (κ3) is 3.37. The maximum atomic E-state index is 13.9. The molecule has 0 aromatic heterocycles. The Morgan fingerprint density at radius 3 is 2.56 bits per heavy atom. The van der Waals surface area contributed by atoms with E-state index >= 15 is 0 Å². The number of benzene rings is 2. The fourth-order valence-electron chi connectivity index (χ4n) is 5.59. The second-order valence-electron chi connectivity index (χ2n) is 9.55. The highest BCUT2D eigenvalue weighted by Crippen LogP contribution is 2.56. The second-order valence-corrected chi connectivity index (χ2v) is 9.99. The molecule has 36 heavy (non-hydrogen) atoms. The quantitative estimate of drug-likeness (QED) is 0.572. The first-order valence-electron chi connectivity index (χ1n) is 12.2. The van der Waals surface area contributed by atoms with Crippen LogP contribution in [0.2, 0.25) is 5.02 Å². The van der Waals surface area contributed by atoms with E-state index in [1.54, 1.807) is 30.0 Å². The summed E-state index contributed by atoms with van der Waals surface area (Å²) in [6.45, 7) is 5.98. The first-order chi connectivity index (χ1) is 17.2. The molecule has 0 saturated heterocycles. The van der Waals surface area contributed by atoms with E-state index in [2.05, 4.69) is 19.2 Å². The molecule has 1 spiro atoms. The average Bonchev–Trinajstić information content (AvgIpc) is 3.11. The van der Waals surface area contributed by atoms with Gasteiger partial charge < -0.3 is 15.8 Å². The van der Waals surface area contributed by atoms with Crippen LogP contribution < -0.4 is 16.0 Å². The molecule has 2 aromatic carbocycles. The largest absolute Gasteiger partial charge is 0.462 e. The summed E-state index contributed by atoms with van der Waals surface area (Å²) >= 11 is 6.36. The molecular weight excluding hydrogens is 478 g/mol. The first-order valence-corrected chi connectivity index (χ1v) is 12.5. The number of rotatable bonds is 4. The number of hydrogen-bond donors (Lipinski definition) is 2. The van der Waals surface area contributed by atoms with Gasteiger partial charge in [0, 0.05) is 39.7 Å². The lowest BCUT2D eigenvalue weighted by Crippen LogP contribution is -2.53. The molecule has 0 bridgehead atoms. The van der Waals surface area contributed by atoms with E-state index in [4.69, 9.17) is 22.1 Å². The lowest BCUT2D eigenvalue weighted by atomic mass is 9.63. The molecule has 7 nitrogen and oxygen atoms in total. The summed E-state index contributed by atoms with van der Waals surface area (Å²) in [5.41, 5.74) is 8.65. The number of nitrogens with one attached hydrogen (secondary N) is 1. The van der Waals surface area contributed by atoms with Crippen molar-refractivity contribution in [3.05, 3.63) is 81.3 Å². The molecule has 2 heterocycles. The zero-order valence-corrected chi connectivity index (χ0v) is 21.2. The summed E-state index contributed by atoms with van der Waals surface area (Å²) in [5, 5.41) is 3.24. The fourth-order valence-corrected chi connectivity index (χ4v) is 5.76. The summed E-state index contributed by atoms with van der Waals surface area (Å²) in [6, 6.07) is 12.8. The highest BCUT2D eigenvalue weighted by molar-refractivity contribution is 6.31. The van der Waals surface area contributed by atoms with Gasteiger partial charge in [-0.25, -0.2) is 4.79 Å². The van der Waals surface area contributed by atoms with Gasteiger partial charge in [-0.15, -0.1) is 0 Å². The molecule has 2 aromatic rings. The second kappa shape index (κ2) is 8.82. The molecule has 1 amide bonds. The zero-order chi connectivity index (χ0) is 25.8. The number of Topliss-reactive ketones (excluding diaryl/α,β-unsaturated/α-hetero) is 1. The Balaban J connectivity index is 1.85. The van der Waals surface area contributed by atoms with Crippen LogP contribution >= 0.6 is 11.6 Å². The van der Waals surface area contributed by atoms with E-state index in [0.717, 1.165) is 5.56 Å². The van der Waals surface area contributed by atoms with Crippen molar-refractivity contribution in [2.45, 2.75) is 51.4 Å². The van der Waals surface area contributed by atoms with Crippen LogP contribution in [-0.4, -0.2) is 24.3 Å². The van der Waals surface area contributed by atoms with Crippen molar-refractivity contribution in [2.75, 3.05) is 16.8 Å². The normalized spacial score (nSPS) is 21.2. The van der Waals surface area contributed by atoms with E-state index in [1.807, 2.05) is 24.3 Å². The minimum absolute atomic E-state index is 0.0650. The highest BCUT2D eigenvalue weighted by atomic mass is 35.5. The number of amides is 1. The number of hydrogen-bond acceptors (Lipinski definition) is 6. The Labute approximate surface area is 214 Å². The van der Waals surface area contributed by atoms with Crippen LogP contribution in [0, 0.1) is 0 Å². The number of ether oxygens (including phenoxy) is 1. The van der Waals surface area contributed by atoms with Crippen molar-refractivity contribution in [3.8, 4) is 0 Å². The van der Waals surface area contributed by atoms with Gasteiger partial charge in [-0.2, -0.15) is 0 Å². The molecule has 5 rings (SSSR count). The van der Waals surface area contributed by atoms with E-state index in [0.29, 0.717) is 46.4 Å². The van der Waals surface area contributed by atoms with Crippen LogP contribution in [0.1, 0.15) is 57.1 Å². The van der Waals surface area contributed by atoms with Crippen LogP contribution in [0.3, 0.4) is 0 Å². The molecule has 1 aliphatic carbocycles. The van der Waals surface area contributed by atoms with Crippen molar-refractivity contribution in [1.82, 2.24) is 0 Å². The number of anilines is 2. The van der Waals surface area contributed by atoms with Gasteiger partial charge in [0.25, 0.3) is 0 Å². The molecule has 0 saturated carbocycles. The van der Waals surface area contributed by atoms with Gasteiger partial charge >= 0.3 is 5.97 Å². The first kappa shape index (κ1) is 24.1. The summed E-state index contributed by atoms with van der Waals surface area (Å²) < 4.78 is 5.43. The van der Waals surface area contributed by atoms with Crippen LogP contribution in [0.4, 0.5) is 11.4 Å². The van der Waals surface area contributed by atoms with Crippen molar-refractivity contribution < 1.29 is 19.1 Å². The molecular formula is C28H28ClN3O4. The van der Waals surface area contributed by atoms with E-state index in [-0.39, 0.29) is 35.8 Å². The van der Waals surface area contributed by atoms with Gasteiger partial charge in [0.05, 0.1) is 6.61 Å². The number of carbonyl (C=O) groups excluding carboxylic acids is 3. The van der Waals surface area contributed by atoms with E-state index in [1.165, 1.54) is 0 Å². The smallest absolute Gasteiger partial charge is 0.339 e. The van der Waals surface area contributed by atoms with Gasteiger partial charge in [-0.05, 0) is 61.6 Å². The van der Waals surface area contributed by atoms with E-state index in [9.17, 15) is 14.4 Å². The molecule has 186 valence electrons. The van der Waals surface area contributed by atoms with Crippen molar-refractivity contribution >= 4 is 40.6 Å². The minimum Gasteiger partial charge on any atom is -0.462 e. The van der Waals surface area contributed by atoms with Crippen LogP contribution in [0.5, 0.6) is 0 Å². The van der Waals surface area contributed by atoms with Crippen LogP contribution in [0.15, 0.2) is 65.1 Å². The maximum absolute atomic E-state index is 13.9. The molecule has 1 atom stereocenters. The Morgan fingerprint density at radius 1 is 1.17 bits per heavy atom. The highest BCUT2D eigenvalue weighted by Gasteiger charge is 2.62. The van der Waals surface area contributed by atoms with Gasteiger partial charge in [0.2, 0.25) is 5.91 Å². The van der Waals surface area contributed by atoms with Crippen LogP contribution in [-0.2, 0) is 24.5 Å². The van der Waals surface area contributed by atoms with Gasteiger partial charge in [0.15, 0.2) is 5.78 Å². The van der Waals surface area contributed by atoms with Crippen LogP contribution in [0.25, 0.3) is 0 Å². The molecule has 0 fully saturated rings. The zero-order valence-electron chi connectivity index (χ0n) is 20.5. The number of nitrogens with two attached hydrogens (primary N) is 1. The molecule has 8 heteroatoms. The monoisotopic (exact) mass is 505 g/mol. The van der Waals surface area contributed by atoms with Gasteiger partial charge in [-0.1, -0.05) is 37.6 Å². The van der Waals surface area contributed by atoms with E-state index < -0.39 is 17.3 Å². The molecule has 3 aliphatic rings. The predicted molar refractivity (Wildman–Crippen MR) is 139 cm³/mol. The Bertz CT molecular complexity index is 1360. The predicted octanol–water partition coefficient (Wildman–Crippen LogP) is 4.91. The third-order valence-corrected chi connectivity index (χ3v) is 7.41. The van der Waals surface area contributed by atoms with Crippen molar-refractivity contribution in [1.29, 1.82) is 0 Å². The number of nitrogens with zero attached hydrogens (tertiary/aromatic N) is 1. The summed E-state index contributed by atoms with van der Waals surface area (Å²) in [6.07, 6.45) is 1.40. The molecule has 3 N–H and O–H groups in total. The maximum Gasteiger partial charge on any atom is 0.339 e. The Kier molecular flexibility index (Phi) is 5.91. The van der Waals surface area contributed by atoms with Crippen molar-refractivity contribution in [3.63, 3.8) is 0 Å². The number of fused-ring (bicyclic) bond motifs is 3. The Morgan fingerprint density at radius 2 is 1.89 bits per heavy atom. The van der Waals surface area contributed by atoms with Gasteiger partial charge in [-0.3, -0.25) is 14.5 Å². The number of allylic oxidation sites excluding steroid dienone is 1. The third-order valence-electron chi connectivity index (χ3n) is 7.17. The lowest BCUT2D eigenvalue weighted by Gasteiger charge is -2.44. The van der Waals surface area contributed by atoms with Gasteiger partial charge in [0.1, 0.15) is 16.8 Å². The molecule has 2 aliphatic heterocycles. The number of carbonyl (C=O) groups is 3. The lowest BCUT2D eigenvalue weighted by molar-refractivity contribution is -0.140. The molecule has 1 unspecified atom stereocenters. The number of esters is 1. The summed E-state index contributed by atoms with van der Waals surface area (Å²) in [7, 11) is 0. The van der Waals surface area contributed by atoms with Crippen molar-refractivity contribution in [2.24, 2.45) is 5.73 Å². The summed E-state index contributed by atoms with van der Waals surface area (Å²) in [4.78, 5) is 42.9. The topological polar surface area (TPSA) is 102 Å². The summed E-state index contributed by atoms with van der Waals surface area (Å²) in [5.74, 6) is -1.05. The number of ketones is 1. The SMILES string of the molecule is CCOC(=O)C1=C(N)N(c2ccc(C(C)C)cc2)C2=C(C(=O)CCC2)C12C(=O)Nc1ccc(Cl)cc12. The Hall–Kier alpha value is -3.58. The average molecular weight is 506 g/mol. The molecule has 0 radical (unpaired) electrons. The standard InChI is InChI=1S/C28H28ClN3O4/c1-4-36-26(34)24-25(30)32(18-11-8-16(9-12-18)15(2)3)21-6-5-7-22(33)23(21)28(24)19-14-17(29)10-13-20(19)31-27(28)35/h8-15H,4-7,30H2,1-3H3,(H,31,35). The number of halogens is 1.